The van der Waals surface area contributed by atoms with Gasteiger partial charge in [-0.1, -0.05) is 13.8 Å². The Bertz CT molecular complexity index is 413. The fourth-order valence-electron chi connectivity index (χ4n) is 5.80. The summed E-state index contributed by atoms with van der Waals surface area (Å²) < 4.78 is 0. The van der Waals surface area contributed by atoms with Crippen LogP contribution in [0.2, 0.25) is 0 Å². The summed E-state index contributed by atoms with van der Waals surface area (Å²) in [6.45, 7) is 6.27. The smallest absolute Gasteiger partial charge is 0.135 e. The molecule has 3 saturated carbocycles. The van der Waals surface area contributed by atoms with Crippen LogP contribution in [0.25, 0.3) is 0 Å². The number of ketones is 2. The summed E-state index contributed by atoms with van der Waals surface area (Å²) in [6, 6.07) is 0. The lowest BCUT2D eigenvalue weighted by Gasteiger charge is -2.51. The van der Waals surface area contributed by atoms with Crippen LogP contribution in [0.3, 0.4) is 0 Å². The molecule has 0 amide bonds. The van der Waals surface area contributed by atoms with Crippen molar-refractivity contribution in [3.8, 4) is 0 Å². The third-order valence-electron chi connectivity index (χ3n) is 6.86. The Kier molecular flexibility index (Phi) is 3.11. The van der Waals surface area contributed by atoms with Crippen molar-refractivity contribution in [2.75, 3.05) is 0 Å². The number of fused-ring (bicyclic) bond motifs is 3. The standard InChI is InChI=1S/C17H26O2/c1-10-12-8-9-17(3)14(11(2)18)5-6-15(17)13(12)4-7-16(10)19/h10,12-15H,4-9H2,1-3H3/t10?,12-,13+,14-,15-,17+/m0/s1. The first-order chi connectivity index (χ1) is 8.95. The molecule has 3 fully saturated rings. The molecule has 3 aliphatic carbocycles. The molecule has 19 heavy (non-hydrogen) atoms. The minimum atomic E-state index is 0.229. The maximum Gasteiger partial charge on any atom is 0.135 e. The van der Waals surface area contributed by atoms with Gasteiger partial charge in [-0.15, -0.1) is 0 Å². The fourth-order valence-corrected chi connectivity index (χ4v) is 5.80. The van der Waals surface area contributed by atoms with Gasteiger partial charge >= 0.3 is 0 Å². The van der Waals surface area contributed by atoms with Gasteiger partial charge in [-0.3, -0.25) is 9.59 Å². The summed E-state index contributed by atoms with van der Waals surface area (Å²) in [4.78, 5) is 23.9. The highest BCUT2D eigenvalue weighted by Gasteiger charge is 2.56. The summed E-state index contributed by atoms with van der Waals surface area (Å²) in [5.41, 5.74) is 0.229. The zero-order chi connectivity index (χ0) is 13.8. The van der Waals surface area contributed by atoms with E-state index in [0.29, 0.717) is 29.3 Å². The van der Waals surface area contributed by atoms with Crippen molar-refractivity contribution in [2.24, 2.45) is 35.0 Å². The molecule has 0 heterocycles. The van der Waals surface area contributed by atoms with E-state index in [9.17, 15) is 9.59 Å². The van der Waals surface area contributed by atoms with E-state index in [4.69, 9.17) is 0 Å². The molecule has 1 unspecified atom stereocenters. The second-order valence-corrected chi connectivity index (χ2v) is 7.51. The predicted octanol–water partition coefficient (Wildman–Crippen LogP) is 3.63. The van der Waals surface area contributed by atoms with E-state index < -0.39 is 0 Å². The molecule has 0 aromatic rings. The van der Waals surface area contributed by atoms with Gasteiger partial charge in [-0.2, -0.15) is 0 Å². The minimum Gasteiger partial charge on any atom is -0.300 e. The largest absolute Gasteiger partial charge is 0.300 e. The number of Topliss-reactive ketones (excluding diaryl/α,β-unsaturated/α-hetero) is 2. The van der Waals surface area contributed by atoms with Gasteiger partial charge < -0.3 is 0 Å². The van der Waals surface area contributed by atoms with Gasteiger partial charge in [-0.05, 0) is 62.2 Å². The third-order valence-corrected chi connectivity index (χ3v) is 6.86. The molecular weight excluding hydrogens is 236 g/mol. The van der Waals surface area contributed by atoms with E-state index >= 15 is 0 Å². The molecule has 0 saturated heterocycles. The number of hydrogen-bond donors (Lipinski definition) is 0. The minimum absolute atomic E-state index is 0.229. The topological polar surface area (TPSA) is 34.1 Å². The summed E-state index contributed by atoms with van der Waals surface area (Å²) in [7, 11) is 0. The summed E-state index contributed by atoms with van der Waals surface area (Å²) >= 11 is 0. The first-order valence-electron chi connectivity index (χ1n) is 7.98. The van der Waals surface area contributed by atoms with E-state index in [1.807, 2.05) is 0 Å². The molecule has 0 aromatic carbocycles. The van der Waals surface area contributed by atoms with Crippen LogP contribution in [0.5, 0.6) is 0 Å². The van der Waals surface area contributed by atoms with Crippen LogP contribution < -0.4 is 0 Å². The van der Waals surface area contributed by atoms with Crippen LogP contribution in [0.4, 0.5) is 0 Å². The van der Waals surface area contributed by atoms with E-state index in [0.717, 1.165) is 32.1 Å². The molecule has 3 aliphatic rings. The lowest BCUT2D eigenvalue weighted by Crippen LogP contribution is -2.47. The zero-order valence-electron chi connectivity index (χ0n) is 12.4. The van der Waals surface area contributed by atoms with E-state index in [2.05, 4.69) is 13.8 Å². The highest BCUT2D eigenvalue weighted by atomic mass is 16.1. The SMILES string of the molecule is CC(=O)[C@@H]1CC[C@H]2[C@@H]3CCC(=O)C(C)[C@@H]3CC[C@]12C. The van der Waals surface area contributed by atoms with Crippen molar-refractivity contribution in [1.29, 1.82) is 0 Å². The molecule has 0 spiro atoms. The number of carbonyl (C=O) groups is 2. The van der Waals surface area contributed by atoms with E-state index in [1.165, 1.54) is 6.42 Å². The number of hydrogen-bond acceptors (Lipinski definition) is 2. The number of rotatable bonds is 1. The summed E-state index contributed by atoms with van der Waals surface area (Å²) in [6.07, 6.45) is 6.47. The van der Waals surface area contributed by atoms with Crippen molar-refractivity contribution in [1.82, 2.24) is 0 Å². The van der Waals surface area contributed by atoms with Gasteiger partial charge in [0, 0.05) is 18.3 Å². The van der Waals surface area contributed by atoms with Crippen LogP contribution in [-0.2, 0) is 9.59 Å². The molecule has 2 nitrogen and oxygen atoms in total. The molecule has 106 valence electrons. The van der Waals surface area contributed by atoms with Crippen molar-refractivity contribution < 1.29 is 9.59 Å². The summed E-state index contributed by atoms with van der Waals surface area (Å²) in [5, 5.41) is 0. The van der Waals surface area contributed by atoms with Crippen LogP contribution >= 0.6 is 0 Å². The fraction of sp³-hybridized carbons (Fsp3) is 0.882. The van der Waals surface area contributed by atoms with E-state index in [-0.39, 0.29) is 17.3 Å². The van der Waals surface area contributed by atoms with Gasteiger partial charge in [0.1, 0.15) is 11.6 Å². The average Bonchev–Trinajstić information content (AvgIpc) is 2.71. The highest BCUT2D eigenvalue weighted by molar-refractivity contribution is 5.82. The van der Waals surface area contributed by atoms with Crippen LogP contribution in [0.1, 0.15) is 59.3 Å². The van der Waals surface area contributed by atoms with Crippen LogP contribution in [0.15, 0.2) is 0 Å². The second-order valence-electron chi connectivity index (χ2n) is 7.51. The van der Waals surface area contributed by atoms with Crippen molar-refractivity contribution in [3.63, 3.8) is 0 Å². The normalized spacial score (nSPS) is 49.6. The molecule has 0 radical (unpaired) electrons. The van der Waals surface area contributed by atoms with Crippen molar-refractivity contribution in [2.45, 2.75) is 59.3 Å². The molecule has 0 aliphatic heterocycles. The first kappa shape index (κ1) is 13.3. The predicted molar refractivity (Wildman–Crippen MR) is 74.6 cm³/mol. The van der Waals surface area contributed by atoms with Crippen molar-refractivity contribution >= 4 is 11.6 Å². The van der Waals surface area contributed by atoms with Crippen molar-refractivity contribution in [3.05, 3.63) is 0 Å². The van der Waals surface area contributed by atoms with E-state index in [1.54, 1.807) is 6.92 Å². The Hall–Kier alpha value is -0.660. The molecule has 2 heteroatoms. The molecule has 6 atom stereocenters. The van der Waals surface area contributed by atoms with Gasteiger partial charge in [0.2, 0.25) is 0 Å². The first-order valence-corrected chi connectivity index (χ1v) is 7.98. The lowest BCUT2D eigenvalue weighted by atomic mass is 9.53. The zero-order valence-corrected chi connectivity index (χ0v) is 12.4. The monoisotopic (exact) mass is 262 g/mol. The highest BCUT2D eigenvalue weighted by Crippen LogP contribution is 2.62. The van der Waals surface area contributed by atoms with Gasteiger partial charge in [0.25, 0.3) is 0 Å². The Balaban J connectivity index is 1.88. The second kappa shape index (κ2) is 4.43. The summed E-state index contributed by atoms with van der Waals surface area (Å²) in [5.74, 6) is 3.41. The van der Waals surface area contributed by atoms with Gasteiger partial charge in [-0.25, -0.2) is 0 Å². The molecule has 0 N–H and O–H groups in total. The van der Waals surface area contributed by atoms with Crippen LogP contribution in [0, 0.1) is 35.0 Å². The van der Waals surface area contributed by atoms with Gasteiger partial charge in [0.05, 0.1) is 0 Å². The maximum atomic E-state index is 11.9. The molecule has 3 rings (SSSR count). The Morgan fingerprint density at radius 1 is 1.16 bits per heavy atom. The molecule has 0 bridgehead atoms. The number of carbonyl (C=O) groups excluding carboxylic acids is 2. The van der Waals surface area contributed by atoms with Crippen LogP contribution in [-0.4, -0.2) is 11.6 Å². The Morgan fingerprint density at radius 3 is 2.58 bits per heavy atom. The quantitative estimate of drug-likeness (QED) is 0.723. The Labute approximate surface area is 116 Å². The molecule has 0 aromatic heterocycles. The lowest BCUT2D eigenvalue weighted by molar-refractivity contribution is -0.135. The molecular formula is C17H26O2. The average molecular weight is 262 g/mol. The third kappa shape index (κ3) is 1.82. The van der Waals surface area contributed by atoms with Gasteiger partial charge in [0.15, 0.2) is 0 Å². The maximum absolute atomic E-state index is 11.9. The Morgan fingerprint density at radius 2 is 1.89 bits per heavy atom.